The molecule has 0 aliphatic carbocycles. The molecule has 0 saturated carbocycles. The molecule has 5 nitrogen and oxygen atoms in total. The van der Waals surface area contributed by atoms with Crippen molar-refractivity contribution >= 4 is 11.8 Å². The van der Waals surface area contributed by atoms with E-state index in [2.05, 4.69) is 10.2 Å². The quantitative estimate of drug-likeness (QED) is 0.885. The number of nitrogens with zero attached hydrogens (tertiary/aromatic N) is 2. The second-order valence-corrected chi connectivity index (χ2v) is 7.15. The van der Waals surface area contributed by atoms with Crippen LogP contribution in [0.15, 0.2) is 48.5 Å². The normalized spacial score (nSPS) is 14.8. The van der Waals surface area contributed by atoms with Gasteiger partial charge < -0.3 is 10.2 Å². The average molecular weight is 365 g/mol. The first-order valence-electron chi connectivity index (χ1n) is 9.42. The predicted octanol–water partition coefficient (Wildman–Crippen LogP) is 2.38. The van der Waals surface area contributed by atoms with Crippen LogP contribution in [0.5, 0.6) is 0 Å². The molecule has 0 spiro atoms. The molecular formula is C22H27N3O2. The summed E-state index contributed by atoms with van der Waals surface area (Å²) in [5, 5.41) is 2.96. The molecule has 3 rings (SSSR count). The highest BCUT2D eigenvalue weighted by Gasteiger charge is 2.24. The van der Waals surface area contributed by atoms with E-state index in [0.29, 0.717) is 26.2 Å². The van der Waals surface area contributed by atoms with E-state index in [9.17, 15) is 9.59 Å². The molecule has 1 heterocycles. The lowest BCUT2D eigenvalue weighted by Crippen LogP contribution is -2.51. The Hall–Kier alpha value is -2.66. The van der Waals surface area contributed by atoms with E-state index in [-0.39, 0.29) is 11.8 Å². The summed E-state index contributed by atoms with van der Waals surface area (Å²) in [7, 11) is 0. The number of amides is 2. The third-order valence-corrected chi connectivity index (χ3v) is 4.97. The van der Waals surface area contributed by atoms with Crippen LogP contribution in [0.4, 0.5) is 0 Å². The lowest BCUT2D eigenvalue weighted by Gasteiger charge is -2.34. The van der Waals surface area contributed by atoms with Gasteiger partial charge in [-0.3, -0.25) is 14.5 Å². The van der Waals surface area contributed by atoms with Gasteiger partial charge in [0.05, 0.1) is 6.54 Å². The topological polar surface area (TPSA) is 52.7 Å². The second kappa shape index (κ2) is 8.82. The molecule has 0 unspecified atom stereocenters. The molecular weight excluding hydrogens is 338 g/mol. The maximum atomic E-state index is 12.7. The lowest BCUT2D eigenvalue weighted by molar-refractivity contribution is -0.122. The largest absolute Gasteiger partial charge is 0.351 e. The van der Waals surface area contributed by atoms with Crippen molar-refractivity contribution in [3.63, 3.8) is 0 Å². The minimum absolute atomic E-state index is 0.0213. The van der Waals surface area contributed by atoms with Crippen molar-refractivity contribution in [3.05, 3.63) is 70.8 Å². The number of benzene rings is 2. The van der Waals surface area contributed by atoms with Crippen LogP contribution in [0.2, 0.25) is 0 Å². The Morgan fingerprint density at radius 2 is 1.67 bits per heavy atom. The molecule has 0 radical (unpaired) electrons. The zero-order valence-electron chi connectivity index (χ0n) is 16.1. The van der Waals surface area contributed by atoms with Gasteiger partial charge in [-0.25, -0.2) is 0 Å². The molecule has 1 fully saturated rings. The fourth-order valence-corrected chi connectivity index (χ4v) is 3.39. The molecule has 0 atom stereocenters. The highest BCUT2D eigenvalue weighted by molar-refractivity contribution is 5.95. The molecule has 2 amide bonds. The zero-order chi connectivity index (χ0) is 19.2. The van der Waals surface area contributed by atoms with Gasteiger partial charge in [-0.05, 0) is 31.0 Å². The number of hydrogen-bond donors (Lipinski definition) is 1. The van der Waals surface area contributed by atoms with Crippen molar-refractivity contribution in [1.29, 1.82) is 0 Å². The summed E-state index contributed by atoms with van der Waals surface area (Å²) in [6, 6.07) is 15.8. The van der Waals surface area contributed by atoms with Gasteiger partial charge in [0.25, 0.3) is 5.91 Å². The third-order valence-electron chi connectivity index (χ3n) is 4.97. The van der Waals surface area contributed by atoms with Gasteiger partial charge in [0.1, 0.15) is 0 Å². The smallest absolute Gasteiger partial charge is 0.254 e. The molecule has 2 aromatic rings. The van der Waals surface area contributed by atoms with E-state index >= 15 is 0 Å². The van der Waals surface area contributed by atoms with Crippen LogP contribution < -0.4 is 5.32 Å². The van der Waals surface area contributed by atoms with E-state index in [4.69, 9.17) is 0 Å². The van der Waals surface area contributed by atoms with E-state index in [1.807, 2.05) is 67.3 Å². The highest BCUT2D eigenvalue weighted by atomic mass is 16.2. The maximum absolute atomic E-state index is 12.7. The van der Waals surface area contributed by atoms with Crippen LogP contribution in [0.1, 0.15) is 27.0 Å². The summed E-state index contributed by atoms with van der Waals surface area (Å²) >= 11 is 0. The molecule has 0 aromatic heterocycles. The summed E-state index contributed by atoms with van der Waals surface area (Å²) in [6.45, 7) is 7.67. The number of carbonyl (C=O) groups excluding carboxylic acids is 2. The van der Waals surface area contributed by atoms with E-state index in [1.165, 1.54) is 0 Å². The highest BCUT2D eigenvalue weighted by Crippen LogP contribution is 2.14. The Morgan fingerprint density at radius 3 is 2.33 bits per heavy atom. The predicted molar refractivity (Wildman–Crippen MR) is 107 cm³/mol. The first-order chi connectivity index (χ1) is 13.0. The van der Waals surface area contributed by atoms with Crippen molar-refractivity contribution in [3.8, 4) is 0 Å². The van der Waals surface area contributed by atoms with Crippen LogP contribution in [-0.2, 0) is 11.3 Å². The Balaban J connectivity index is 1.45. The lowest BCUT2D eigenvalue weighted by atomic mass is 10.0. The minimum Gasteiger partial charge on any atom is -0.351 e. The number of carbonyl (C=O) groups is 2. The molecule has 2 aromatic carbocycles. The first-order valence-corrected chi connectivity index (χ1v) is 9.42. The molecule has 1 N–H and O–H groups in total. The monoisotopic (exact) mass is 365 g/mol. The fraction of sp³-hybridized carbons (Fsp3) is 0.364. The summed E-state index contributed by atoms with van der Waals surface area (Å²) in [4.78, 5) is 28.9. The van der Waals surface area contributed by atoms with E-state index in [0.717, 1.165) is 35.3 Å². The Labute approximate surface area is 161 Å². The molecule has 1 aliphatic heterocycles. The van der Waals surface area contributed by atoms with E-state index < -0.39 is 0 Å². The van der Waals surface area contributed by atoms with Crippen LogP contribution in [0.25, 0.3) is 0 Å². The molecule has 27 heavy (non-hydrogen) atoms. The SMILES string of the molecule is Cc1ccc(C(=O)N2CCN(CC(=O)NCc3ccccc3)CC2)c(C)c1. The van der Waals surface area contributed by atoms with Crippen LogP contribution in [-0.4, -0.2) is 54.3 Å². The third kappa shape index (κ3) is 5.17. The Morgan fingerprint density at radius 1 is 0.963 bits per heavy atom. The number of piperazine rings is 1. The Bertz CT molecular complexity index is 796. The molecule has 1 saturated heterocycles. The zero-order valence-corrected chi connectivity index (χ0v) is 16.1. The van der Waals surface area contributed by atoms with Crippen molar-refractivity contribution in [2.24, 2.45) is 0 Å². The van der Waals surface area contributed by atoms with Crippen molar-refractivity contribution < 1.29 is 9.59 Å². The Kier molecular flexibility index (Phi) is 6.24. The summed E-state index contributed by atoms with van der Waals surface area (Å²) in [5.74, 6) is 0.105. The number of aryl methyl sites for hydroxylation is 2. The van der Waals surface area contributed by atoms with E-state index in [1.54, 1.807) is 0 Å². The molecule has 1 aliphatic rings. The number of hydrogen-bond acceptors (Lipinski definition) is 3. The van der Waals surface area contributed by atoms with Crippen LogP contribution in [0.3, 0.4) is 0 Å². The average Bonchev–Trinajstić information content (AvgIpc) is 2.67. The van der Waals surface area contributed by atoms with Gasteiger partial charge >= 0.3 is 0 Å². The van der Waals surface area contributed by atoms with Crippen molar-refractivity contribution in [2.45, 2.75) is 20.4 Å². The van der Waals surface area contributed by atoms with Crippen LogP contribution >= 0.6 is 0 Å². The minimum atomic E-state index is 0.0213. The van der Waals surface area contributed by atoms with Crippen molar-refractivity contribution in [2.75, 3.05) is 32.7 Å². The van der Waals surface area contributed by atoms with Gasteiger partial charge in [-0.1, -0.05) is 48.0 Å². The molecule has 5 heteroatoms. The van der Waals surface area contributed by atoms with Gasteiger partial charge in [0.2, 0.25) is 5.91 Å². The second-order valence-electron chi connectivity index (χ2n) is 7.15. The summed E-state index contributed by atoms with van der Waals surface area (Å²) in [6.07, 6.45) is 0. The fourth-order valence-electron chi connectivity index (χ4n) is 3.39. The van der Waals surface area contributed by atoms with Gasteiger partial charge in [0.15, 0.2) is 0 Å². The molecule has 0 bridgehead atoms. The van der Waals surface area contributed by atoms with Crippen LogP contribution in [0, 0.1) is 13.8 Å². The standard InChI is InChI=1S/C22H27N3O2/c1-17-8-9-20(18(2)14-17)22(27)25-12-10-24(11-13-25)16-21(26)23-15-19-6-4-3-5-7-19/h3-9,14H,10-13,15-16H2,1-2H3,(H,23,26). The molecule has 142 valence electrons. The van der Waals surface area contributed by atoms with Crippen molar-refractivity contribution in [1.82, 2.24) is 15.1 Å². The van der Waals surface area contributed by atoms with Gasteiger partial charge in [-0.2, -0.15) is 0 Å². The summed E-state index contributed by atoms with van der Waals surface area (Å²) < 4.78 is 0. The number of nitrogens with one attached hydrogen (secondary N) is 1. The summed E-state index contributed by atoms with van der Waals surface area (Å²) in [5.41, 5.74) is 4.04. The van der Waals surface area contributed by atoms with Gasteiger partial charge in [0, 0.05) is 38.3 Å². The first kappa shape index (κ1) is 19.1. The number of rotatable bonds is 5. The maximum Gasteiger partial charge on any atom is 0.254 e. The van der Waals surface area contributed by atoms with Gasteiger partial charge in [-0.15, -0.1) is 0 Å².